The van der Waals surface area contributed by atoms with Crippen LogP contribution in [-0.4, -0.2) is 13.0 Å². The maximum atomic E-state index is 12.2. The van der Waals surface area contributed by atoms with Gasteiger partial charge in [-0.25, -0.2) is 0 Å². The summed E-state index contributed by atoms with van der Waals surface area (Å²) in [5.41, 5.74) is 2.10. The fourth-order valence-corrected chi connectivity index (χ4v) is 2.84. The molecule has 0 saturated carbocycles. The highest BCUT2D eigenvalue weighted by atomic mass is 79.9. The van der Waals surface area contributed by atoms with Crippen molar-refractivity contribution in [2.24, 2.45) is 0 Å². The number of halogens is 1. The third kappa shape index (κ3) is 2.76. The molecular formula is C13H12BrNOS. The number of carbonyl (C=O) groups is 1. The first-order valence-electron chi connectivity index (χ1n) is 5.18. The summed E-state index contributed by atoms with van der Waals surface area (Å²) >= 11 is 4.81. The summed E-state index contributed by atoms with van der Waals surface area (Å²) < 4.78 is 0.971. The van der Waals surface area contributed by atoms with Crippen molar-refractivity contribution in [3.05, 3.63) is 50.6 Å². The minimum absolute atomic E-state index is 0.0181. The SMILES string of the molecule is Cc1ccc(N(C)C(=O)c2ccc(Br)s2)cc1. The molecule has 0 saturated heterocycles. The number of hydrogen-bond donors (Lipinski definition) is 0. The molecule has 0 spiro atoms. The van der Waals surface area contributed by atoms with Crippen LogP contribution in [0, 0.1) is 6.92 Å². The van der Waals surface area contributed by atoms with Gasteiger partial charge in [-0.2, -0.15) is 0 Å². The number of aryl methyl sites for hydroxylation is 1. The van der Waals surface area contributed by atoms with Gasteiger partial charge in [-0.3, -0.25) is 4.79 Å². The van der Waals surface area contributed by atoms with Crippen molar-refractivity contribution in [3.63, 3.8) is 0 Å². The smallest absolute Gasteiger partial charge is 0.268 e. The minimum atomic E-state index is 0.0181. The fourth-order valence-electron chi connectivity index (χ4n) is 1.48. The minimum Gasteiger partial charge on any atom is -0.311 e. The van der Waals surface area contributed by atoms with Crippen molar-refractivity contribution in [2.45, 2.75) is 6.92 Å². The highest BCUT2D eigenvalue weighted by Gasteiger charge is 2.14. The number of benzene rings is 1. The lowest BCUT2D eigenvalue weighted by Crippen LogP contribution is -2.25. The van der Waals surface area contributed by atoms with Crippen LogP contribution in [0.5, 0.6) is 0 Å². The molecule has 0 atom stereocenters. The monoisotopic (exact) mass is 309 g/mol. The predicted octanol–water partition coefficient (Wildman–Crippen LogP) is 4.10. The summed E-state index contributed by atoms with van der Waals surface area (Å²) in [4.78, 5) is 14.6. The molecule has 1 aromatic carbocycles. The maximum absolute atomic E-state index is 12.2. The topological polar surface area (TPSA) is 20.3 Å². The molecule has 2 nitrogen and oxygen atoms in total. The summed E-state index contributed by atoms with van der Waals surface area (Å²) in [5.74, 6) is 0.0181. The summed E-state index contributed by atoms with van der Waals surface area (Å²) in [5, 5.41) is 0. The van der Waals surface area contributed by atoms with E-state index >= 15 is 0 Å². The Morgan fingerprint density at radius 3 is 2.35 bits per heavy atom. The van der Waals surface area contributed by atoms with E-state index in [1.54, 1.807) is 11.9 Å². The largest absolute Gasteiger partial charge is 0.311 e. The zero-order valence-corrected chi connectivity index (χ0v) is 12.0. The molecule has 17 heavy (non-hydrogen) atoms. The zero-order valence-electron chi connectivity index (χ0n) is 9.61. The Labute approximate surface area is 113 Å². The van der Waals surface area contributed by atoms with Crippen LogP contribution >= 0.6 is 27.3 Å². The number of carbonyl (C=O) groups excluding carboxylic acids is 1. The van der Waals surface area contributed by atoms with Crippen LogP contribution in [0.4, 0.5) is 5.69 Å². The van der Waals surface area contributed by atoms with Crippen molar-refractivity contribution in [1.82, 2.24) is 0 Å². The molecule has 1 amide bonds. The molecule has 88 valence electrons. The Kier molecular flexibility index (Phi) is 3.64. The molecule has 0 N–H and O–H groups in total. The molecule has 0 aliphatic rings. The first-order chi connectivity index (χ1) is 8.08. The van der Waals surface area contributed by atoms with Crippen LogP contribution in [0.25, 0.3) is 0 Å². The Balaban J connectivity index is 2.23. The van der Waals surface area contributed by atoms with E-state index in [0.717, 1.165) is 14.4 Å². The van der Waals surface area contributed by atoms with Crippen LogP contribution in [0.15, 0.2) is 40.2 Å². The van der Waals surface area contributed by atoms with E-state index in [9.17, 15) is 4.79 Å². The van der Waals surface area contributed by atoms with Crippen molar-refractivity contribution >= 4 is 38.9 Å². The molecule has 0 aliphatic heterocycles. The summed E-state index contributed by atoms with van der Waals surface area (Å²) in [6.45, 7) is 2.03. The molecule has 4 heteroatoms. The van der Waals surface area contributed by atoms with Crippen molar-refractivity contribution in [2.75, 3.05) is 11.9 Å². The van der Waals surface area contributed by atoms with Gasteiger partial charge in [0.1, 0.15) is 0 Å². The van der Waals surface area contributed by atoms with Crippen LogP contribution in [0.1, 0.15) is 15.2 Å². The van der Waals surface area contributed by atoms with Gasteiger partial charge in [0, 0.05) is 12.7 Å². The second kappa shape index (κ2) is 5.02. The lowest BCUT2D eigenvalue weighted by atomic mass is 10.2. The molecule has 2 rings (SSSR count). The standard InChI is InChI=1S/C13H12BrNOS/c1-9-3-5-10(6-4-9)15(2)13(16)11-7-8-12(14)17-11/h3-8H,1-2H3. The number of amides is 1. The van der Waals surface area contributed by atoms with Crippen molar-refractivity contribution in [1.29, 1.82) is 0 Å². The molecule has 0 aliphatic carbocycles. The van der Waals surface area contributed by atoms with Gasteiger partial charge >= 0.3 is 0 Å². The van der Waals surface area contributed by atoms with Crippen LogP contribution < -0.4 is 4.90 Å². The molecule has 0 bridgehead atoms. The molecule has 0 fully saturated rings. The van der Waals surface area contributed by atoms with Crippen LogP contribution in [-0.2, 0) is 0 Å². The third-order valence-corrected chi connectivity index (χ3v) is 4.12. The first kappa shape index (κ1) is 12.3. The van der Waals surface area contributed by atoms with Gasteiger partial charge in [0.15, 0.2) is 0 Å². The van der Waals surface area contributed by atoms with E-state index in [0.29, 0.717) is 0 Å². The second-order valence-electron chi connectivity index (χ2n) is 3.80. The van der Waals surface area contributed by atoms with Crippen molar-refractivity contribution < 1.29 is 4.79 Å². The summed E-state index contributed by atoms with van der Waals surface area (Å²) in [7, 11) is 1.79. The molecule has 2 aromatic rings. The highest BCUT2D eigenvalue weighted by Crippen LogP contribution is 2.24. The number of nitrogens with zero attached hydrogens (tertiary/aromatic N) is 1. The predicted molar refractivity (Wildman–Crippen MR) is 75.9 cm³/mol. The van der Waals surface area contributed by atoms with Gasteiger partial charge in [-0.05, 0) is 47.1 Å². The van der Waals surface area contributed by atoms with Gasteiger partial charge in [-0.1, -0.05) is 17.7 Å². The summed E-state index contributed by atoms with van der Waals surface area (Å²) in [6, 6.07) is 11.6. The molecule has 1 heterocycles. The number of hydrogen-bond acceptors (Lipinski definition) is 2. The van der Waals surface area contributed by atoms with Crippen LogP contribution in [0.3, 0.4) is 0 Å². The number of thiophene rings is 1. The van der Waals surface area contributed by atoms with E-state index in [1.807, 2.05) is 43.3 Å². The fraction of sp³-hybridized carbons (Fsp3) is 0.154. The number of rotatable bonds is 2. The van der Waals surface area contributed by atoms with E-state index in [1.165, 1.54) is 16.9 Å². The lowest BCUT2D eigenvalue weighted by Gasteiger charge is -2.16. The molecular weight excluding hydrogens is 298 g/mol. The van der Waals surface area contributed by atoms with Crippen molar-refractivity contribution in [3.8, 4) is 0 Å². The van der Waals surface area contributed by atoms with Gasteiger partial charge in [0.05, 0.1) is 8.66 Å². The lowest BCUT2D eigenvalue weighted by molar-refractivity contribution is 0.0997. The number of anilines is 1. The normalized spacial score (nSPS) is 10.3. The summed E-state index contributed by atoms with van der Waals surface area (Å²) in [6.07, 6.45) is 0. The molecule has 0 radical (unpaired) electrons. The van der Waals surface area contributed by atoms with Gasteiger partial charge in [-0.15, -0.1) is 11.3 Å². The highest BCUT2D eigenvalue weighted by molar-refractivity contribution is 9.11. The van der Waals surface area contributed by atoms with Crippen LogP contribution in [0.2, 0.25) is 0 Å². The zero-order chi connectivity index (χ0) is 12.4. The average molecular weight is 310 g/mol. The van der Waals surface area contributed by atoms with E-state index in [2.05, 4.69) is 15.9 Å². The molecule has 1 aromatic heterocycles. The quantitative estimate of drug-likeness (QED) is 0.818. The average Bonchev–Trinajstić information content (AvgIpc) is 2.75. The maximum Gasteiger partial charge on any atom is 0.268 e. The van der Waals surface area contributed by atoms with E-state index < -0.39 is 0 Å². The Bertz CT molecular complexity index is 533. The molecule has 0 unspecified atom stereocenters. The second-order valence-corrected chi connectivity index (χ2v) is 6.27. The van der Waals surface area contributed by atoms with Gasteiger partial charge < -0.3 is 4.90 Å². The first-order valence-corrected chi connectivity index (χ1v) is 6.79. The van der Waals surface area contributed by atoms with E-state index in [4.69, 9.17) is 0 Å². The van der Waals surface area contributed by atoms with Gasteiger partial charge in [0.2, 0.25) is 0 Å². The Hall–Kier alpha value is -1.13. The Morgan fingerprint density at radius 1 is 1.18 bits per heavy atom. The van der Waals surface area contributed by atoms with E-state index in [-0.39, 0.29) is 5.91 Å². The Morgan fingerprint density at radius 2 is 1.82 bits per heavy atom. The third-order valence-electron chi connectivity index (χ3n) is 2.51. The van der Waals surface area contributed by atoms with Gasteiger partial charge in [0.25, 0.3) is 5.91 Å².